The number of hydrogen-bond acceptors (Lipinski definition) is 5. The van der Waals surface area contributed by atoms with Crippen LogP contribution < -0.4 is 5.73 Å². The van der Waals surface area contributed by atoms with E-state index in [1.54, 1.807) is 0 Å². The van der Waals surface area contributed by atoms with Crippen LogP contribution in [0.25, 0.3) is 0 Å². The van der Waals surface area contributed by atoms with E-state index >= 15 is 0 Å². The molecule has 18 heavy (non-hydrogen) atoms. The minimum absolute atomic E-state index is 0.0124. The summed E-state index contributed by atoms with van der Waals surface area (Å²) in [6.07, 6.45) is 0.986. The number of sulfone groups is 1. The molecule has 2 aliphatic heterocycles. The molecule has 0 saturated carbocycles. The summed E-state index contributed by atoms with van der Waals surface area (Å²) in [7, 11) is -6.65. The van der Waals surface area contributed by atoms with Crippen molar-refractivity contribution in [2.75, 3.05) is 24.6 Å². The molecule has 2 rings (SSSR count). The third kappa shape index (κ3) is 2.71. The second-order valence-corrected chi connectivity index (χ2v) is 9.78. The largest absolute Gasteiger partial charge is 0.328 e. The Morgan fingerprint density at radius 3 is 2.44 bits per heavy atom. The second-order valence-electron chi connectivity index (χ2n) is 5.34. The lowest BCUT2D eigenvalue weighted by molar-refractivity contribution is 0.424. The van der Waals surface area contributed by atoms with Crippen LogP contribution in [-0.4, -0.2) is 57.0 Å². The summed E-state index contributed by atoms with van der Waals surface area (Å²) in [5.74, 6) is -0.0614. The molecule has 8 heteroatoms. The molecule has 0 aromatic carbocycles. The van der Waals surface area contributed by atoms with Crippen LogP contribution in [0.2, 0.25) is 0 Å². The molecule has 2 heterocycles. The summed E-state index contributed by atoms with van der Waals surface area (Å²) in [6.45, 7) is 2.77. The number of sulfonamides is 1. The van der Waals surface area contributed by atoms with Crippen molar-refractivity contribution in [3.63, 3.8) is 0 Å². The number of nitrogens with two attached hydrogens (primary N) is 1. The molecule has 2 aliphatic rings. The van der Waals surface area contributed by atoms with Crippen molar-refractivity contribution in [3.05, 3.63) is 0 Å². The Labute approximate surface area is 108 Å². The van der Waals surface area contributed by atoms with Crippen LogP contribution in [0.5, 0.6) is 0 Å². The molecule has 2 fully saturated rings. The van der Waals surface area contributed by atoms with E-state index in [1.807, 2.05) is 6.92 Å². The third-order valence-corrected chi connectivity index (χ3v) is 8.18. The Morgan fingerprint density at radius 1 is 1.33 bits per heavy atom. The number of hydrogen-bond donors (Lipinski definition) is 1. The van der Waals surface area contributed by atoms with Crippen molar-refractivity contribution in [2.24, 2.45) is 11.7 Å². The van der Waals surface area contributed by atoms with Gasteiger partial charge in [0.25, 0.3) is 0 Å². The SMILES string of the molecule is CC(N)C1CCN(S(=O)(=O)C2CCS(=O)(=O)C2)C1. The van der Waals surface area contributed by atoms with E-state index in [-0.39, 0.29) is 29.9 Å². The molecular formula is C10H20N2O4S2. The van der Waals surface area contributed by atoms with Crippen LogP contribution in [0.1, 0.15) is 19.8 Å². The quantitative estimate of drug-likeness (QED) is 0.733. The fourth-order valence-electron chi connectivity index (χ4n) is 2.62. The van der Waals surface area contributed by atoms with Crippen LogP contribution in [-0.2, 0) is 19.9 Å². The van der Waals surface area contributed by atoms with Crippen molar-refractivity contribution >= 4 is 19.9 Å². The molecule has 3 unspecified atom stereocenters. The fraction of sp³-hybridized carbons (Fsp3) is 1.00. The van der Waals surface area contributed by atoms with Crippen molar-refractivity contribution in [2.45, 2.75) is 31.1 Å². The van der Waals surface area contributed by atoms with E-state index in [0.29, 0.717) is 13.1 Å². The molecule has 2 saturated heterocycles. The van der Waals surface area contributed by atoms with E-state index in [9.17, 15) is 16.8 Å². The zero-order valence-electron chi connectivity index (χ0n) is 10.4. The first kappa shape index (κ1) is 14.2. The van der Waals surface area contributed by atoms with Crippen LogP contribution in [0.3, 0.4) is 0 Å². The lowest BCUT2D eigenvalue weighted by atomic mass is 10.0. The van der Waals surface area contributed by atoms with Gasteiger partial charge in [-0.05, 0) is 25.7 Å². The standard InChI is InChI=1S/C10H20N2O4S2/c1-8(11)9-2-4-12(6-9)18(15,16)10-3-5-17(13,14)7-10/h8-10H,2-7,11H2,1H3. The number of rotatable bonds is 3. The van der Waals surface area contributed by atoms with E-state index in [4.69, 9.17) is 5.73 Å². The Bertz CT molecular complexity index is 512. The first-order chi connectivity index (χ1) is 8.22. The first-order valence-corrected chi connectivity index (χ1v) is 9.50. The van der Waals surface area contributed by atoms with Crippen LogP contribution in [0.15, 0.2) is 0 Å². The average molecular weight is 296 g/mol. The summed E-state index contributed by atoms with van der Waals surface area (Å²) < 4.78 is 48.8. The second kappa shape index (κ2) is 4.73. The molecular weight excluding hydrogens is 276 g/mol. The zero-order chi connectivity index (χ0) is 13.6. The van der Waals surface area contributed by atoms with Crippen molar-refractivity contribution in [1.29, 1.82) is 0 Å². The third-order valence-electron chi connectivity index (χ3n) is 3.90. The summed E-state index contributed by atoms with van der Waals surface area (Å²) in [5, 5.41) is -0.755. The van der Waals surface area contributed by atoms with Crippen LogP contribution >= 0.6 is 0 Å². The summed E-state index contributed by atoms with van der Waals surface area (Å²) in [5.41, 5.74) is 5.78. The lowest BCUT2D eigenvalue weighted by Crippen LogP contribution is -2.39. The molecule has 3 atom stereocenters. The molecule has 106 valence electrons. The molecule has 0 aromatic rings. The van der Waals surface area contributed by atoms with Crippen LogP contribution in [0, 0.1) is 5.92 Å². The van der Waals surface area contributed by atoms with E-state index in [0.717, 1.165) is 6.42 Å². The smallest absolute Gasteiger partial charge is 0.218 e. The number of nitrogens with zero attached hydrogens (tertiary/aromatic N) is 1. The molecule has 6 nitrogen and oxygen atoms in total. The van der Waals surface area contributed by atoms with Gasteiger partial charge in [-0.15, -0.1) is 0 Å². The molecule has 0 aromatic heterocycles. The molecule has 0 amide bonds. The summed E-state index contributed by atoms with van der Waals surface area (Å²) in [6, 6.07) is -0.0301. The van der Waals surface area contributed by atoms with Crippen molar-refractivity contribution in [1.82, 2.24) is 4.31 Å². The van der Waals surface area contributed by atoms with Crippen molar-refractivity contribution < 1.29 is 16.8 Å². The van der Waals surface area contributed by atoms with Gasteiger partial charge in [-0.3, -0.25) is 0 Å². The molecule has 0 spiro atoms. The maximum absolute atomic E-state index is 12.3. The van der Waals surface area contributed by atoms with E-state index in [2.05, 4.69) is 0 Å². The van der Waals surface area contributed by atoms with Crippen molar-refractivity contribution in [3.8, 4) is 0 Å². The van der Waals surface area contributed by atoms with Gasteiger partial charge in [0.1, 0.15) is 0 Å². The highest BCUT2D eigenvalue weighted by Crippen LogP contribution is 2.27. The van der Waals surface area contributed by atoms with E-state index < -0.39 is 25.1 Å². The highest BCUT2D eigenvalue weighted by Gasteiger charge is 2.42. The van der Waals surface area contributed by atoms with Gasteiger partial charge in [-0.25, -0.2) is 21.1 Å². The van der Waals surface area contributed by atoms with E-state index in [1.165, 1.54) is 4.31 Å². The minimum atomic E-state index is -3.48. The maximum atomic E-state index is 12.3. The van der Waals surface area contributed by atoms with Gasteiger partial charge < -0.3 is 5.73 Å². The Kier molecular flexibility index (Phi) is 3.74. The average Bonchev–Trinajstić information content (AvgIpc) is 2.84. The molecule has 0 aliphatic carbocycles. The highest BCUT2D eigenvalue weighted by molar-refractivity contribution is 7.95. The fourth-order valence-corrected chi connectivity index (χ4v) is 7.22. The van der Waals surface area contributed by atoms with Gasteiger partial charge in [-0.2, -0.15) is 0 Å². The lowest BCUT2D eigenvalue weighted by Gasteiger charge is -2.21. The van der Waals surface area contributed by atoms with Gasteiger partial charge in [0.2, 0.25) is 10.0 Å². The Morgan fingerprint density at radius 2 is 2.00 bits per heavy atom. The van der Waals surface area contributed by atoms with Gasteiger partial charge in [0.15, 0.2) is 9.84 Å². The summed E-state index contributed by atoms with van der Waals surface area (Å²) in [4.78, 5) is 0. The predicted molar refractivity (Wildman–Crippen MR) is 69.3 cm³/mol. The topological polar surface area (TPSA) is 97.5 Å². The summed E-state index contributed by atoms with van der Waals surface area (Å²) >= 11 is 0. The predicted octanol–water partition coefficient (Wildman–Crippen LogP) is -0.828. The Hall–Kier alpha value is -0.180. The van der Waals surface area contributed by atoms with Gasteiger partial charge >= 0.3 is 0 Å². The van der Waals surface area contributed by atoms with Gasteiger partial charge in [0, 0.05) is 19.1 Å². The molecule has 2 N–H and O–H groups in total. The molecule has 0 bridgehead atoms. The first-order valence-electron chi connectivity index (χ1n) is 6.17. The normalized spacial score (nSPS) is 34.8. The Balaban J connectivity index is 2.09. The minimum Gasteiger partial charge on any atom is -0.328 e. The van der Waals surface area contributed by atoms with Gasteiger partial charge in [-0.1, -0.05) is 0 Å². The molecule has 0 radical (unpaired) electrons. The zero-order valence-corrected chi connectivity index (χ0v) is 12.1. The highest BCUT2D eigenvalue weighted by atomic mass is 32.2. The van der Waals surface area contributed by atoms with Crippen LogP contribution in [0.4, 0.5) is 0 Å². The maximum Gasteiger partial charge on any atom is 0.218 e. The monoisotopic (exact) mass is 296 g/mol. The van der Waals surface area contributed by atoms with Gasteiger partial charge in [0.05, 0.1) is 16.8 Å².